The highest BCUT2D eigenvalue weighted by molar-refractivity contribution is 5.76. The Morgan fingerprint density at radius 1 is 1.33 bits per heavy atom. The van der Waals surface area contributed by atoms with Gasteiger partial charge in [0.2, 0.25) is 5.91 Å². The molecule has 0 bridgehead atoms. The maximum Gasteiger partial charge on any atom is 0.434 e. The molecule has 0 spiro atoms. The fraction of sp³-hybridized carbons (Fsp3) is 0.529. The minimum atomic E-state index is -4.53. The van der Waals surface area contributed by atoms with Gasteiger partial charge in [0.1, 0.15) is 17.5 Å². The first-order valence-corrected chi connectivity index (χ1v) is 8.53. The van der Waals surface area contributed by atoms with Crippen molar-refractivity contribution in [2.75, 3.05) is 6.54 Å². The number of hydrogen-bond donors (Lipinski definition) is 1. The van der Waals surface area contributed by atoms with Crippen LogP contribution in [0.2, 0.25) is 0 Å². The molecular formula is C17H19F5N4O. The molecule has 0 radical (unpaired) electrons. The molecule has 0 saturated carbocycles. The fourth-order valence-corrected chi connectivity index (χ4v) is 3.29. The van der Waals surface area contributed by atoms with Crippen LogP contribution in [0.1, 0.15) is 30.8 Å². The van der Waals surface area contributed by atoms with Crippen LogP contribution < -0.4 is 5.73 Å². The van der Waals surface area contributed by atoms with Crippen LogP contribution in [0.3, 0.4) is 0 Å². The summed E-state index contributed by atoms with van der Waals surface area (Å²) in [6, 6.07) is -0.636. The summed E-state index contributed by atoms with van der Waals surface area (Å²) in [7, 11) is 0. The van der Waals surface area contributed by atoms with Crippen molar-refractivity contribution in [1.29, 1.82) is 0 Å². The highest BCUT2D eigenvalue weighted by Gasteiger charge is 2.36. The number of alkyl halides is 3. The lowest BCUT2D eigenvalue weighted by molar-refractivity contribution is -0.141. The average Bonchev–Trinajstić information content (AvgIpc) is 3.01. The van der Waals surface area contributed by atoms with E-state index in [1.165, 1.54) is 15.5 Å². The number of carbonyl (C=O) groups is 1. The lowest BCUT2D eigenvalue weighted by Gasteiger charge is -2.29. The van der Waals surface area contributed by atoms with Crippen LogP contribution in [0.4, 0.5) is 22.0 Å². The number of imidazole rings is 1. The summed E-state index contributed by atoms with van der Waals surface area (Å²) in [6.45, 7) is 0.425. The number of halogens is 5. The van der Waals surface area contributed by atoms with Gasteiger partial charge in [-0.3, -0.25) is 4.79 Å². The lowest BCUT2D eigenvalue weighted by Crippen LogP contribution is -2.41. The van der Waals surface area contributed by atoms with Crippen LogP contribution in [0, 0.1) is 5.92 Å². The number of aromatic nitrogens is 2. The fourth-order valence-electron chi connectivity index (χ4n) is 3.29. The number of fused-ring (bicyclic) bond motifs is 1. The van der Waals surface area contributed by atoms with Gasteiger partial charge in [0.25, 0.3) is 0 Å². The molecule has 2 atom stereocenters. The van der Waals surface area contributed by atoms with Gasteiger partial charge in [-0.1, -0.05) is 0 Å². The van der Waals surface area contributed by atoms with Crippen LogP contribution in [-0.4, -0.2) is 32.9 Å². The molecule has 0 aromatic carbocycles. The minimum Gasteiger partial charge on any atom is -0.333 e. The molecule has 0 fully saturated rings. The van der Waals surface area contributed by atoms with Crippen molar-refractivity contribution in [2.45, 2.75) is 44.6 Å². The smallest absolute Gasteiger partial charge is 0.333 e. The van der Waals surface area contributed by atoms with Gasteiger partial charge in [-0.05, 0) is 18.9 Å². The Labute approximate surface area is 152 Å². The van der Waals surface area contributed by atoms with Crippen LogP contribution in [-0.2, 0) is 24.1 Å². The number of rotatable bonds is 4. The number of amides is 1. The summed E-state index contributed by atoms with van der Waals surface area (Å²) in [5.74, 6) is -1.96. The third-order valence-corrected chi connectivity index (χ3v) is 4.73. The van der Waals surface area contributed by atoms with E-state index in [0.717, 1.165) is 12.3 Å². The lowest BCUT2D eigenvalue weighted by atomic mass is 9.91. The van der Waals surface area contributed by atoms with Crippen molar-refractivity contribution in [3.8, 4) is 0 Å². The molecule has 1 unspecified atom stereocenters. The predicted molar refractivity (Wildman–Crippen MR) is 86.3 cm³/mol. The normalized spacial score (nSPS) is 21.4. The monoisotopic (exact) mass is 390 g/mol. The Hall–Kier alpha value is -2.23. The van der Waals surface area contributed by atoms with Crippen LogP contribution >= 0.6 is 0 Å². The highest BCUT2D eigenvalue weighted by Crippen LogP contribution is 2.31. The van der Waals surface area contributed by atoms with E-state index in [4.69, 9.17) is 5.73 Å². The highest BCUT2D eigenvalue weighted by atomic mass is 19.4. The van der Waals surface area contributed by atoms with Gasteiger partial charge in [-0.25, -0.2) is 13.8 Å². The van der Waals surface area contributed by atoms with Crippen molar-refractivity contribution in [2.24, 2.45) is 11.7 Å². The third kappa shape index (κ3) is 4.55. The molecule has 2 aliphatic rings. The second-order valence-corrected chi connectivity index (χ2v) is 6.80. The van der Waals surface area contributed by atoms with Gasteiger partial charge < -0.3 is 15.2 Å². The Bertz CT molecular complexity index is 783. The molecular weight excluding hydrogens is 371 g/mol. The maximum atomic E-state index is 13.7. The first-order valence-electron chi connectivity index (χ1n) is 8.53. The van der Waals surface area contributed by atoms with E-state index in [-0.39, 0.29) is 50.6 Å². The quantitative estimate of drug-likeness (QED) is 0.804. The summed E-state index contributed by atoms with van der Waals surface area (Å²) in [4.78, 5) is 17.4. The average molecular weight is 390 g/mol. The molecule has 1 amide bonds. The van der Waals surface area contributed by atoms with E-state index in [2.05, 4.69) is 4.98 Å². The van der Waals surface area contributed by atoms with Crippen molar-refractivity contribution >= 4 is 5.91 Å². The molecule has 3 rings (SSSR count). The summed E-state index contributed by atoms with van der Waals surface area (Å²) in [6.07, 6.45) is -1.23. The maximum absolute atomic E-state index is 13.7. The zero-order valence-electron chi connectivity index (χ0n) is 14.3. The summed E-state index contributed by atoms with van der Waals surface area (Å²) in [5.41, 5.74) is 4.96. The van der Waals surface area contributed by atoms with E-state index < -0.39 is 35.5 Å². The van der Waals surface area contributed by atoms with E-state index in [1.54, 1.807) is 0 Å². The van der Waals surface area contributed by atoms with E-state index >= 15 is 0 Å². The number of hydrogen-bond acceptors (Lipinski definition) is 3. The van der Waals surface area contributed by atoms with Crippen LogP contribution in [0.5, 0.6) is 0 Å². The van der Waals surface area contributed by atoms with Gasteiger partial charge >= 0.3 is 6.18 Å². The van der Waals surface area contributed by atoms with Crippen LogP contribution in [0.15, 0.2) is 30.0 Å². The predicted octanol–water partition coefficient (Wildman–Crippen LogP) is 3.08. The number of nitrogens with two attached hydrogens (primary N) is 1. The van der Waals surface area contributed by atoms with Gasteiger partial charge in [0, 0.05) is 43.7 Å². The van der Waals surface area contributed by atoms with E-state index in [1.807, 2.05) is 0 Å². The zero-order chi connectivity index (χ0) is 19.8. The number of carbonyl (C=O) groups excluding carboxylic acids is 1. The van der Waals surface area contributed by atoms with Crippen molar-refractivity contribution in [1.82, 2.24) is 14.5 Å². The first kappa shape index (κ1) is 19.5. The van der Waals surface area contributed by atoms with E-state index in [9.17, 15) is 26.7 Å². The van der Waals surface area contributed by atoms with Gasteiger partial charge in [-0.2, -0.15) is 13.2 Å². The van der Waals surface area contributed by atoms with Gasteiger partial charge in [0.05, 0.1) is 6.54 Å². The van der Waals surface area contributed by atoms with Gasteiger partial charge in [0.15, 0.2) is 5.69 Å². The molecule has 2 heterocycles. The second-order valence-electron chi connectivity index (χ2n) is 6.80. The Balaban J connectivity index is 1.56. The molecule has 5 nitrogen and oxygen atoms in total. The van der Waals surface area contributed by atoms with Crippen LogP contribution in [0.25, 0.3) is 0 Å². The Morgan fingerprint density at radius 2 is 2.07 bits per heavy atom. The number of allylic oxidation sites excluding steroid dienone is 4. The van der Waals surface area contributed by atoms with Crippen molar-refractivity contribution in [3.05, 3.63) is 41.5 Å². The van der Waals surface area contributed by atoms with E-state index in [0.29, 0.717) is 0 Å². The molecule has 10 heteroatoms. The number of nitrogens with zero attached hydrogens (tertiary/aromatic N) is 3. The molecule has 0 saturated heterocycles. The Morgan fingerprint density at radius 3 is 2.74 bits per heavy atom. The van der Waals surface area contributed by atoms with Crippen molar-refractivity contribution in [3.63, 3.8) is 0 Å². The summed E-state index contributed by atoms with van der Waals surface area (Å²) < 4.78 is 66.3. The molecule has 1 aromatic heterocycles. The topological polar surface area (TPSA) is 64.2 Å². The molecule has 148 valence electrons. The largest absolute Gasteiger partial charge is 0.434 e. The molecule has 2 N–H and O–H groups in total. The molecule has 1 aliphatic heterocycles. The molecule has 1 aromatic rings. The van der Waals surface area contributed by atoms with Crippen molar-refractivity contribution < 1.29 is 26.7 Å². The summed E-state index contributed by atoms with van der Waals surface area (Å²) >= 11 is 0. The Kier molecular flexibility index (Phi) is 5.36. The SMILES string of the molecule is N[C@@H](CC(=O)N1CCn2cc(C(F)(F)F)nc2C1)CC1CC=C(F)C=C1F. The zero-order valence-corrected chi connectivity index (χ0v) is 14.3. The first-order chi connectivity index (χ1) is 12.6. The standard InChI is InChI=1S/C17H19F5N4O/c18-11-2-1-10(13(19)6-11)5-12(23)7-16(27)26-4-3-25-8-14(17(20,21)22)24-15(25)9-26/h2,6,8,10,12H,1,3-5,7,9,23H2/t10?,12-/m1/s1. The van der Waals surface area contributed by atoms with Gasteiger partial charge in [-0.15, -0.1) is 0 Å². The minimum absolute atomic E-state index is 0.0344. The second kappa shape index (κ2) is 7.41. The molecule has 1 aliphatic carbocycles. The summed E-state index contributed by atoms with van der Waals surface area (Å²) in [5, 5.41) is 0. The third-order valence-electron chi connectivity index (χ3n) is 4.73. The molecule has 27 heavy (non-hydrogen) atoms.